The zero-order valence-electron chi connectivity index (χ0n) is 20.3. The van der Waals surface area contributed by atoms with Crippen LogP contribution in [-0.4, -0.2) is 50.1 Å². The zero-order valence-corrected chi connectivity index (χ0v) is 20.3. The van der Waals surface area contributed by atoms with E-state index in [0.29, 0.717) is 35.5 Å². The van der Waals surface area contributed by atoms with Crippen LogP contribution in [0.1, 0.15) is 33.2 Å². The average molecular weight is 512 g/mol. The third-order valence-corrected chi connectivity index (χ3v) is 6.37. The van der Waals surface area contributed by atoms with Gasteiger partial charge in [0.25, 0.3) is 12.3 Å². The van der Waals surface area contributed by atoms with E-state index < -0.39 is 18.7 Å². The van der Waals surface area contributed by atoms with Crippen molar-refractivity contribution >= 4 is 17.7 Å². The molecule has 1 aliphatic rings. The van der Waals surface area contributed by atoms with Crippen LogP contribution in [0.5, 0.6) is 0 Å². The number of ether oxygens (including phenoxy) is 1. The number of hydrogen-bond acceptors (Lipinski definition) is 4. The van der Waals surface area contributed by atoms with E-state index in [1.165, 1.54) is 19.2 Å². The minimum absolute atomic E-state index is 0.104. The number of hydrogen-bond donors (Lipinski definition) is 2. The van der Waals surface area contributed by atoms with Gasteiger partial charge >= 0.3 is 6.09 Å². The van der Waals surface area contributed by atoms with Gasteiger partial charge in [0, 0.05) is 37.4 Å². The minimum Gasteiger partial charge on any atom is -0.453 e. The van der Waals surface area contributed by atoms with Crippen LogP contribution >= 0.6 is 0 Å². The molecule has 1 unspecified atom stereocenters. The number of alkyl halides is 3. The van der Waals surface area contributed by atoms with Crippen molar-refractivity contribution in [3.05, 3.63) is 89.0 Å². The molecule has 0 radical (unpaired) electrons. The second-order valence-electron chi connectivity index (χ2n) is 8.79. The molecule has 2 amide bonds. The van der Waals surface area contributed by atoms with E-state index in [9.17, 15) is 22.8 Å². The van der Waals surface area contributed by atoms with Crippen LogP contribution in [0, 0.1) is 0 Å². The Morgan fingerprint density at radius 3 is 2.49 bits per heavy atom. The predicted octanol–water partition coefficient (Wildman–Crippen LogP) is 5.60. The maximum Gasteiger partial charge on any atom is 0.406 e. The number of alkyl carbamates (subject to hydrolysis) is 1. The second-order valence-corrected chi connectivity index (χ2v) is 8.79. The highest BCUT2D eigenvalue weighted by Crippen LogP contribution is 2.30. The van der Waals surface area contributed by atoms with Crippen molar-refractivity contribution in [1.29, 1.82) is 0 Å². The highest BCUT2D eigenvalue weighted by atomic mass is 19.3. The summed E-state index contributed by atoms with van der Waals surface area (Å²) in [4.78, 5) is 26.6. The molecule has 2 N–H and O–H groups in total. The van der Waals surface area contributed by atoms with E-state index in [-0.39, 0.29) is 11.5 Å². The van der Waals surface area contributed by atoms with Gasteiger partial charge in [-0.3, -0.25) is 9.69 Å². The summed E-state index contributed by atoms with van der Waals surface area (Å²) in [5.74, 6) is -0.304. The Kier molecular flexibility index (Phi) is 8.45. The zero-order chi connectivity index (χ0) is 26.4. The van der Waals surface area contributed by atoms with Crippen LogP contribution in [0.2, 0.25) is 0 Å². The molecule has 0 aromatic heterocycles. The maximum absolute atomic E-state index is 13.6. The van der Waals surface area contributed by atoms with Gasteiger partial charge in [0.2, 0.25) is 0 Å². The highest BCUT2D eigenvalue weighted by molar-refractivity contribution is 6.08. The molecule has 3 aromatic carbocycles. The van der Waals surface area contributed by atoms with E-state index in [4.69, 9.17) is 0 Å². The van der Waals surface area contributed by atoms with Gasteiger partial charge in [-0.1, -0.05) is 48.5 Å². The molecular weight excluding hydrogens is 483 g/mol. The number of fused-ring (bicyclic) bond motifs is 1. The van der Waals surface area contributed by atoms with Crippen LogP contribution in [0.25, 0.3) is 11.1 Å². The molecule has 6 nitrogen and oxygen atoms in total. The number of nitrogens with one attached hydrogen (secondary N) is 2. The first-order chi connectivity index (χ1) is 17.9. The van der Waals surface area contributed by atoms with Crippen LogP contribution < -0.4 is 10.6 Å². The van der Waals surface area contributed by atoms with Crippen molar-refractivity contribution in [1.82, 2.24) is 10.2 Å². The van der Waals surface area contributed by atoms with Crippen molar-refractivity contribution in [3.8, 4) is 11.1 Å². The second kappa shape index (κ2) is 11.9. The summed E-state index contributed by atoms with van der Waals surface area (Å²) in [5, 5.41) is 5.64. The summed E-state index contributed by atoms with van der Waals surface area (Å²) in [6, 6.07) is 18.5. The Bertz CT molecular complexity index is 1250. The molecule has 1 aliphatic heterocycles. The standard InChI is InChI=1S/C28H28F3N3O3/c1-37-28(36)32-13-15-34-14-12-20-16-22(11-10-21(20)17-34)33-27(35)24-5-3-2-4-23(24)18-6-8-19(9-7-18)25(29)26(30)31/h2-11,16,25-26H,12-15,17H2,1H3,(H,32,36)(H,33,35). The van der Waals surface area contributed by atoms with Crippen LogP contribution in [-0.2, 0) is 17.7 Å². The first-order valence-corrected chi connectivity index (χ1v) is 11.9. The lowest BCUT2D eigenvalue weighted by Gasteiger charge is -2.29. The molecule has 0 fully saturated rings. The van der Waals surface area contributed by atoms with Gasteiger partial charge in [0.15, 0.2) is 6.17 Å². The Morgan fingerprint density at radius 1 is 1.00 bits per heavy atom. The SMILES string of the molecule is COC(=O)NCCN1CCc2cc(NC(=O)c3ccccc3-c3ccc(C(F)C(F)F)cc3)ccc2C1. The molecule has 1 atom stereocenters. The Balaban J connectivity index is 1.43. The van der Waals surface area contributed by atoms with Gasteiger partial charge in [-0.25, -0.2) is 18.0 Å². The first-order valence-electron chi connectivity index (χ1n) is 11.9. The molecule has 37 heavy (non-hydrogen) atoms. The third-order valence-electron chi connectivity index (χ3n) is 6.37. The topological polar surface area (TPSA) is 70.7 Å². The monoisotopic (exact) mass is 511 g/mol. The van der Waals surface area contributed by atoms with Crippen molar-refractivity contribution in [2.75, 3.05) is 32.1 Å². The van der Waals surface area contributed by atoms with E-state index in [1.54, 1.807) is 36.4 Å². The van der Waals surface area contributed by atoms with E-state index in [2.05, 4.69) is 20.3 Å². The maximum atomic E-state index is 13.6. The molecule has 0 aliphatic carbocycles. The molecule has 3 aromatic rings. The molecule has 0 bridgehead atoms. The number of benzene rings is 3. The molecule has 0 saturated heterocycles. The van der Waals surface area contributed by atoms with Gasteiger partial charge in [-0.15, -0.1) is 0 Å². The fraction of sp³-hybridized carbons (Fsp3) is 0.286. The highest BCUT2D eigenvalue weighted by Gasteiger charge is 2.22. The number of nitrogens with zero attached hydrogens (tertiary/aromatic N) is 1. The van der Waals surface area contributed by atoms with E-state index in [1.807, 2.05) is 18.2 Å². The third kappa shape index (κ3) is 6.48. The summed E-state index contributed by atoms with van der Waals surface area (Å²) in [6.07, 6.45) is -5.07. The largest absolute Gasteiger partial charge is 0.453 e. The van der Waals surface area contributed by atoms with E-state index in [0.717, 1.165) is 30.6 Å². The fourth-order valence-electron chi connectivity index (χ4n) is 4.39. The summed E-state index contributed by atoms with van der Waals surface area (Å²) in [6.45, 7) is 2.78. The molecule has 1 heterocycles. The Hall–Kier alpha value is -3.85. The molecule has 4 rings (SSSR count). The van der Waals surface area contributed by atoms with Gasteiger partial charge < -0.3 is 15.4 Å². The number of anilines is 1. The lowest BCUT2D eigenvalue weighted by atomic mass is 9.97. The number of amides is 2. The summed E-state index contributed by atoms with van der Waals surface area (Å²) in [7, 11) is 1.33. The summed E-state index contributed by atoms with van der Waals surface area (Å²) in [5.41, 5.74) is 4.55. The summed E-state index contributed by atoms with van der Waals surface area (Å²) < 4.78 is 43.6. The lowest BCUT2D eigenvalue weighted by Crippen LogP contribution is -2.37. The van der Waals surface area contributed by atoms with E-state index >= 15 is 0 Å². The smallest absolute Gasteiger partial charge is 0.406 e. The normalized spacial score (nSPS) is 14.1. The number of carbonyl (C=O) groups excluding carboxylic acids is 2. The van der Waals surface area contributed by atoms with Gasteiger partial charge in [0.05, 0.1) is 7.11 Å². The number of methoxy groups -OCH3 is 1. The lowest BCUT2D eigenvalue weighted by molar-refractivity contribution is 0.0496. The number of carbonyl (C=O) groups is 2. The average Bonchev–Trinajstić information content (AvgIpc) is 2.92. The van der Waals surface area contributed by atoms with Gasteiger partial charge in [-0.05, 0) is 52.4 Å². The quantitative estimate of drug-likeness (QED) is 0.413. The van der Waals surface area contributed by atoms with Crippen LogP contribution in [0.15, 0.2) is 66.7 Å². The van der Waals surface area contributed by atoms with Crippen molar-refractivity contribution in [2.24, 2.45) is 0 Å². The van der Waals surface area contributed by atoms with Crippen molar-refractivity contribution in [3.63, 3.8) is 0 Å². The molecule has 9 heteroatoms. The Labute approximate surface area is 213 Å². The van der Waals surface area contributed by atoms with Gasteiger partial charge in [-0.2, -0.15) is 0 Å². The number of rotatable bonds is 8. The Morgan fingerprint density at radius 2 is 1.76 bits per heavy atom. The molecule has 0 saturated carbocycles. The molecule has 194 valence electrons. The first kappa shape index (κ1) is 26.2. The van der Waals surface area contributed by atoms with Crippen LogP contribution in [0.4, 0.5) is 23.7 Å². The van der Waals surface area contributed by atoms with Gasteiger partial charge in [0.1, 0.15) is 0 Å². The number of halogens is 3. The van der Waals surface area contributed by atoms with Crippen molar-refractivity contribution in [2.45, 2.75) is 25.6 Å². The fourth-order valence-corrected chi connectivity index (χ4v) is 4.39. The summed E-state index contributed by atoms with van der Waals surface area (Å²) >= 11 is 0. The molecular formula is C28H28F3N3O3. The molecule has 0 spiro atoms. The minimum atomic E-state index is -3.09. The van der Waals surface area contributed by atoms with Crippen LogP contribution in [0.3, 0.4) is 0 Å². The van der Waals surface area contributed by atoms with Crippen molar-refractivity contribution < 1.29 is 27.5 Å². The predicted molar refractivity (Wildman–Crippen MR) is 136 cm³/mol.